The first-order chi connectivity index (χ1) is 16.4. The van der Waals surface area contributed by atoms with Gasteiger partial charge in [-0.15, -0.1) is 6.58 Å². The van der Waals surface area contributed by atoms with Crippen LogP contribution in [0.3, 0.4) is 0 Å². The lowest BCUT2D eigenvalue weighted by Gasteiger charge is -2.33. The minimum atomic E-state index is -0.917. The van der Waals surface area contributed by atoms with E-state index >= 15 is 0 Å². The Hall–Kier alpha value is -3.61. The van der Waals surface area contributed by atoms with Crippen molar-refractivity contribution in [2.24, 2.45) is 0 Å². The van der Waals surface area contributed by atoms with Crippen molar-refractivity contribution in [2.75, 3.05) is 6.54 Å². The molecule has 2 rings (SSSR count). The topological polar surface area (TPSA) is 87.7 Å². The van der Waals surface area contributed by atoms with Gasteiger partial charge in [-0.3, -0.25) is 9.59 Å². The predicted octanol–water partition coefficient (Wildman–Crippen LogP) is 4.59. The molecule has 35 heavy (non-hydrogen) atoms. The van der Waals surface area contributed by atoms with Gasteiger partial charge in [0.05, 0.1) is 0 Å². The van der Waals surface area contributed by atoms with E-state index in [4.69, 9.17) is 4.74 Å². The first kappa shape index (κ1) is 27.6. The van der Waals surface area contributed by atoms with Crippen molar-refractivity contribution in [1.29, 1.82) is 0 Å². The van der Waals surface area contributed by atoms with Gasteiger partial charge in [-0.05, 0) is 58.2 Å². The summed E-state index contributed by atoms with van der Waals surface area (Å²) in [6.45, 7) is 14.9. The molecular weight excluding hydrogens is 442 g/mol. The number of carbonyl (C=O) groups excluding carboxylic acids is 3. The summed E-state index contributed by atoms with van der Waals surface area (Å²) in [4.78, 5) is 40.9. The lowest BCUT2D eigenvalue weighted by Crippen LogP contribution is -2.52. The van der Waals surface area contributed by atoms with Crippen molar-refractivity contribution < 1.29 is 19.1 Å². The molecule has 7 heteroatoms. The number of rotatable bonds is 9. The van der Waals surface area contributed by atoms with Crippen LogP contribution in [-0.2, 0) is 20.9 Å². The summed E-state index contributed by atoms with van der Waals surface area (Å²) < 4.78 is 5.29. The predicted molar refractivity (Wildman–Crippen MR) is 138 cm³/mol. The van der Waals surface area contributed by atoms with Crippen molar-refractivity contribution in [3.63, 3.8) is 0 Å². The number of alkyl carbamates (subject to hydrolysis) is 1. The molecule has 2 aromatic rings. The maximum atomic E-state index is 13.6. The average molecular weight is 480 g/mol. The van der Waals surface area contributed by atoms with Gasteiger partial charge in [0.25, 0.3) is 0 Å². The van der Waals surface area contributed by atoms with E-state index in [1.165, 1.54) is 4.90 Å². The molecule has 2 aromatic carbocycles. The number of benzene rings is 2. The van der Waals surface area contributed by atoms with Crippen LogP contribution in [0.4, 0.5) is 4.79 Å². The normalized spacial score (nSPS) is 12.7. The fraction of sp³-hybridized carbons (Fsp3) is 0.393. The lowest BCUT2D eigenvalue weighted by molar-refractivity contribution is -0.141. The Morgan fingerprint density at radius 2 is 1.74 bits per heavy atom. The Morgan fingerprint density at radius 3 is 2.34 bits per heavy atom. The Kier molecular flexibility index (Phi) is 9.63. The molecule has 7 nitrogen and oxygen atoms in total. The van der Waals surface area contributed by atoms with E-state index in [1.807, 2.05) is 62.4 Å². The van der Waals surface area contributed by atoms with Crippen LogP contribution in [0.1, 0.15) is 56.0 Å². The highest BCUT2D eigenvalue weighted by molar-refractivity contribution is 5.92. The smallest absolute Gasteiger partial charge is 0.408 e. The quantitative estimate of drug-likeness (QED) is 0.515. The fourth-order valence-electron chi connectivity index (χ4n) is 3.64. The van der Waals surface area contributed by atoms with E-state index in [0.717, 1.165) is 22.3 Å². The average Bonchev–Trinajstić information content (AvgIpc) is 2.78. The summed E-state index contributed by atoms with van der Waals surface area (Å²) in [6, 6.07) is 13.5. The van der Waals surface area contributed by atoms with Crippen LogP contribution in [0, 0.1) is 13.8 Å². The van der Waals surface area contributed by atoms with E-state index < -0.39 is 29.7 Å². The molecule has 0 heterocycles. The summed E-state index contributed by atoms with van der Waals surface area (Å²) >= 11 is 0. The zero-order chi connectivity index (χ0) is 26.2. The largest absolute Gasteiger partial charge is 0.444 e. The third-order valence-corrected chi connectivity index (χ3v) is 5.31. The first-order valence-electron chi connectivity index (χ1n) is 11.7. The van der Waals surface area contributed by atoms with Gasteiger partial charge in [-0.2, -0.15) is 0 Å². The molecule has 0 aliphatic rings. The zero-order valence-electron chi connectivity index (χ0n) is 21.6. The van der Waals surface area contributed by atoms with E-state index in [1.54, 1.807) is 33.8 Å². The molecule has 3 amide bonds. The van der Waals surface area contributed by atoms with Gasteiger partial charge in [0, 0.05) is 13.1 Å². The molecule has 2 atom stereocenters. The third-order valence-electron chi connectivity index (χ3n) is 5.31. The van der Waals surface area contributed by atoms with Crippen molar-refractivity contribution >= 4 is 17.9 Å². The van der Waals surface area contributed by atoms with Crippen LogP contribution in [0.25, 0.3) is 0 Å². The number of hydrogen-bond acceptors (Lipinski definition) is 4. The maximum absolute atomic E-state index is 13.6. The molecule has 0 fully saturated rings. The minimum Gasteiger partial charge on any atom is -0.444 e. The van der Waals surface area contributed by atoms with Crippen molar-refractivity contribution in [1.82, 2.24) is 15.5 Å². The van der Waals surface area contributed by atoms with Crippen molar-refractivity contribution in [2.45, 2.75) is 65.8 Å². The van der Waals surface area contributed by atoms with Crippen molar-refractivity contribution in [3.05, 3.63) is 83.4 Å². The minimum absolute atomic E-state index is 0.121. The van der Waals surface area contributed by atoms with Crippen LogP contribution in [-0.4, -0.2) is 41.0 Å². The molecule has 0 saturated heterocycles. The van der Waals surface area contributed by atoms with Crippen LogP contribution >= 0.6 is 0 Å². The SMILES string of the molecule is C=CCN(C(=O)C(C)NC(=O)OC(C)(C)C)C(C(=O)NCc1ccccc1)c1cc(C)ccc1C. The number of ether oxygens (including phenoxy) is 1. The molecule has 0 radical (unpaired) electrons. The summed E-state index contributed by atoms with van der Waals surface area (Å²) in [5.41, 5.74) is 2.81. The highest BCUT2D eigenvalue weighted by Gasteiger charge is 2.34. The second-order valence-electron chi connectivity index (χ2n) is 9.61. The van der Waals surface area contributed by atoms with E-state index in [-0.39, 0.29) is 12.5 Å². The second kappa shape index (κ2) is 12.2. The van der Waals surface area contributed by atoms with Crippen LogP contribution in [0.15, 0.2) is 61.2 Å². The summed E-state index contributed by atoms with van der Waals surface area (Å²) in [7, 11) is 0. The number of carbonyl (C=O) groups is 3. The summed E-state index contributed by atoms with van der Waals surface area (Å²) in [5.74, 6) is -0.737. The fourth-order valence-corrected chi connectivity index (χ4v) is 3.64. The Morgan fingerprint density at radius 1 is 1.09 bits per heavy atom. The van der Waals surface area contributed by atoms with Gasteiger partial charge >= 0.3 is 6.09 Å². The van der Waals surface area contributed by atoms with E-state index in [0.29, 0.717) is 6.54 Å². The van der Waals surface area contributed by atoms with Crippen LogP contribution in [0.2, 0.25) is 0 Å². The van der Waals surface area contributed by atoms with E-state index in [9.17, 15) is 14.4 Å². The molecule has 0 aliphatic carbocycles. The van der Waals surface area contributed by atoms with Crippen LogP contribution in [0.5, 0.6) is 0 Å². The highest BCUT2D eigenvalue weighted by Crippen LogP contribution is 2.27. The lowest BCUT2D eigenvalue weighted by atomic mass is 9.96. The van der Waals surface area contributed by atoms with Gasteiger partial charge in [0.15, 0.2) is 0 Å². The Labute approximate surface area is 208 Å². The molecule has 2 N–H and O–H groups in total. The maximum Gasteiger partial charge on any atom is 0.408 e. The van der Waals surface area contributed by atoms with Crippen molar-refractivity contribution in [3.8, 4) is 0 Å². The summed E-state index contributed by atoms with van der Waals surface area (Å²) in [5, 5.41) is 5.56. The Bertz CT molecular complexity index is 1040. The van der Waals surface area contributed by atoms with E-state index in [2.05, 4.69) is 17.2 Å². The number of hydrogen-bond donors (Lipinski definition) is 2. The molecule has 0 aromatic heterocycles. The highest BCUT2D eigenvalue weighted by atomic mass is 16.6. The van der Waals surface area contributed by atoms with Crippen LogP contribution < -0.4 is 10.6 Å². The molecule has 0 spiro atoms. The molecule has 0 aliphatic heterocycles. The molecule has 0 saturated carbocycles. The number of amides is 3. The van der Waals surface area contributed by atoms with Gasteiger partial charge in [0.1, 0.15) is 17.7 Å². The number of nitrogens with zero attached hydrogens (tertiary/aromatic N) is 1. The standard InChI is InChI=1S/C28H37N3O4/c1-8-16-31(26(33)21(4)30-27(34)35-28(5,6)7)24(23-17-19(2)14-15-20(23)3)25(32)29-18-22-12-10-9-11-13-22/h8-15,17,21,24H,1,16,18H2,2-7H3,(H,29,32)(H,30,34). The number of aryl methyl sites for hydroxylation is 2. The molecule has 2 unspecified atom stereocenters. The first-order valence-corrected chi connectivity index (χ1v) is 11.7. The zero-order valence-corrected chi connectivity index (χ0v) is 21.6. The second-order valence-corrected chi connectivity index (χ2v) is 9.61. The monoisotopic (exact) mass is 479 g/mol. The van der Waals surface area contributed by atoms with Gasteiger partial charge < -0.3 is 20.3 Å². The molecule has 0 bridgehead atoms. The number of nitrogens with one attached hydrogen (secondary N) is 2. The van der Waals surface area contributed by atoms with Gasteiger partial charge in [-0.1, -0.05) is 60.2 Å². The third kappa shape index (κ3) is 8.28. The van der Waals surface area contributed by atoms with Gasteiger partial charge in [-0.25, -0.2) is 4.79 Å². The van der Waals surface area contributed by atoms with Gasteiger partial charge in [0.2, 0.25) is 11.8 Å². The molecule has 188 valence electrons. The Balaban J connectivity index is 2.38. The molecular formula is C28H37N3O4. The summed E-state index contributed by atoms with van der Waals surface area (Å²) in [6.07, 6.45) is 0.870.